The number of nitrogens with zero attached hydrogens (tertiary/aromatic N) is 6. The van der Waals surface area contributed by atoms with Crippen molar-refractivity contribution < 1.29 is 88.1 Å². The van der Waals surface area contributed by atoms with Crippen LogP contribution in [-0.2, 0) is 61.2 Å². The average molecular weight is 2340 g/mol. The summed E-state index contributed by atoms with van der Waals surface area (Å²) < 4.78 is 92.9. The van der Waals surface area contributed by atoms with E-state index in [1.807, 2.05) is 94.7 Å². The first-order valence-electron chi connectivity index (χ1n) is 49.5. The van der Waals surface area contributed by atoms with Gasteiger partial charge >= 0.3 is 15.6 Å². The monoisotopic (exact) mass is 2340 g/mol. The molecule has 6 aromatic heterocycles. The normalized spacial score (nSPS) is 12.4. The zero-order chi connectivity index (χ0) is 105. The predicted octanol–water partition coefficient (Wildman–Crippen LogP) is 32.7. The molecule has 13 nitrogen and oxygen atoms in total. The van der Waals surface area contributed by atoms with Crippen LogP contribution in [0.3, 0.4) is 0 Å². The number of aliphatic hydroxyl groups is 2. The van der Waals surface area contributed by atoms with Crippen molar-refractivity contribution in [1.82, 2.24) is 29.1 Å². The van der Waals surface area contributed by atoms with Crippen LogP contribution >= 0.6 is 0 Å². The molecule has 0 spiro atoms. The van der Waals surface area contributed by atoms with Crippen LogP contribution in [0.25, 0.3) is 166 Å². The molecule has 752 valence electrons. The van der Waals surface area contributed by atoms with Crippen LogP contribution in [-0.4, -0.2) is 88.1 Å². The van der Waals surface area contributed by atoms with E-state index in [2.05, 4.69) is 380 Å². The van der Waals surface area contributed by atoms with Gasteiger partial charge in [0.25, 0.3) is 0 Å². The Kier molecular flexibility index (Phi) is 33.9. The quantitative estimate of drug-likeness (QED) is 0.0310. The van der Waals surface area contributed by atoms with Crippen molar-refractivity contribution in [2.45, 2.75) is 216 Å². The molecule has 21 heteroatoms. The summed E-state index contributed by atoms with van der Waals surface area (Å²) in [7, 11) is -6.85. The van der Waals surface area contributed by atoms with Gasteiger partial charge in [-0.25, -0.2) is 4.98 Å². The van der Waals surface area contributed by atoms with Gasteiger partial charge in [0.2, 0.25) is 0 Å². The molecule has 0 amide bonds. The minimum Gasteiger partial charge on any atom is -0.501 e. The molecule has 2 radical (unpaired) electrons. The first-order valence-corrected chi connectivity index (χ1v) is 57.0. The number of furan rings is 2. The van der Waals surface area contributed by atoms with Gasteiger partial charge in [-0.3, -0.25) is 14.1 Å². The second-order valence-corrected chi connectivity index (χ2v) is 53.5. The van der Waals surface area contributed by atoms with Crippen molar-refractivity contribution in [3.63, 3.8) is 0 Å². The van der Waals surface area contributed by atoms with Gasteiger partial charge in [0.05, 0.1) is 60.9 Å². The van der Waals surface area contributed by atoms with Crippen molar-refractivity contribution in [3.8, 4) is 56.7 Å². The fourth-order valence-electron chi connectivity index (χ4n) is 18.6. The second-order valence-electron chi connectivity index (χ2n) is 42.0. The van der Waals surface area contributed by atoms with Gasteiger partial charge in [-0.1, -0.05) is 332 Å². The summed E-state index contributed by atoms with van der Waals surface area (Å²) in [6.07, 6.45) is 3.96. The van der Waals surface area contributed by atoms with E-state index in [0.29, 0.717) is 23.7 Å². The molecule has 20 rings (SSSR count). The van der Waals surface area contributed by atoms with Gasteiger partial charge in [0.1, 0.15) is 22.6 Å². The molecule has 20 aromatic rings. The number of rotatable bonds is 14. The van der Waals surface area contributed by atoms with Crippen LogP contribution in [0.4, 0.5) is 13.2 Å². The molecular formula is C123H132F3Ir2N6O7SSi2-3. The molecule has 0 aliphatic rings. The zero-order valence-corrected chi connectivity index (χ0v) is 94.8. The minimum absolute atomic E-state index is 0. The number of pyridine rings is 2. The number of fused-ring (bicyclic) bond motifs is 14. The predicted molar refractivity (Wildman–Crippen MR) is 595 cm³/mol. The largest absolute Gasteiger partial charge is 0.522 e. The van der Waals surface area contributed by atoms with E-state index in [-0.39, 0.29) is 51.0 Å². The summed E-state index contributed by atoms with van der Waals surface area (Å²) in [5, 5.41) is 30.7. The number of hydrogen-bond acceptors (Lipinski definition) is 10. The molecular weight excluding hydrogens is 2200 g/mol. The summed E-state index contributed by atoms with van der Waals surface area (Å²) in [6, 6.07) is 102. The topological polar surface area (TPSA) is 183 Å². The molecule has 0 saturated heterocycles. The van der Waals surface area contributed by atoms with Crippen molar-refractivity contribution in [1.29, 1.82) is 0 Å². The van der Waals surface area contributed by atoms with Gasteiger partial charge in [0, 0.05) is 91.4 Å². The summed E-state index contributed by atoms with van der Waals surface area (Å²) in [4.78, 5) is 19.9. The van der Waals surface area contributed by atoms with E-state index in [4.69, 9.17) is 44.7 Å². The summed E-state index contributed by atoms with van der Waals surface area (Å²) in [5.41, 5.74) is 20.5. The van der Waals surface area contributed by atoms with E-state index in [1.165, 1.54) is 98.2 Å². The Morgan fingerprint density at radius 2 is 0.736 bits per heavy atom. The molecule has 0 fully saturated rings. The summed E-state index contributed by atoms with van der Waals surface area (Å²) in [6.45, 7) is 53.9. The van der Waals surface area contributed by atoms with Crippen molar-refractivity contribution >= 4 is 146 Å². The van der Waals surface area contributed by atoms with Gasteiger partial charge in [-0.05, 0) is 199 Å². The number of alkyl halides is 3. The van der Waals surface area contributed by atoms with Crippen LogP contribution in [0.5, 0.6) is 0 Å². The minimum atomic E-state index is -5.84. The number of hydrogen-bond donors (Lipinski definition) is 3. The fourth-order valence-corrected chi connectivity index (χ4v) is 21.7. The van der Waals surface area contributed by atoms with Crippen molar-refractivity contribution in [2.75, 3.05) is 14.2 Å². The maximum atomic E-state index is 10.7. The number of para-hydroxylation sites is 5. The molecule has 0 aliphatic carbocycles. The number of imidazole rings is 2. The van der Waals surface area contributed by atoms with Crippen LogP contribution in [0.1, 0.15) is 207 Å². The molecule has 6 heterocycles. The third-order valence-corrected chi connectivity index (χ3v) is 30.6. The molecule has 0 saturated carbocycles. The third-order valence-electron chi connectivity index (χ3n) is 26.0. The van der Waals surface area contributed by atoms with Gasteiger partial charge in [-0.15, -0.1) is 90.0 Å². The van der Waals surface area contributed by atoms with Gasteiger partial charge < -0.3 is 33.6 Å². The maximum Gasteiger partial charge on any atom is 0.522 e. The summed E-state index contributed by atoms with van der Waals surface area (Å²) in [5.74, 6) is 1.83. The summed E-state index contributed by atoms with van der Waals surface area (Å²) >= 11 is 0. The number of benzene rings is 14. The van der Waals surface area contributed by atoms with Crippen LogP contribution in [0.2, 0.25) is 39.3 Å². The number of halogens is 3. The number of aromatic nitrogens is 6. The Bertz CT molecular complexity index is 7730. The average Bonchev–Trinajstić information content (AvgIpc) is 1.56. The van der Waals surface area contributed by atoms with Crippen LogP contribution in [0, 0.1) is 18.2 Å². The maximum absolute atomic E-state index is 10.7. The van der Waals surface area contributed by atoms with E-state index in [9.17, 15) is 13.2 Å². The zero-order valence-electron chi connectivity index (χ0n) is 89.2. The van der Waals surface area contributed by atoms with Crippen molar-refractivity contribution in [2.24, 2.45) is 0 Å². The Balaban J connectivity index is 0.000000176. The second kappa shape index (κ2) is 45.1. The van der Waals surface area contributed by atoms with E-state index in [1.54, 1.807) is 0 Å². The Morgan fingerprint density at radius 3 is 1.11 bits per heavy atom. The number of aliphatic hydroxyl groups excluding tert-OH is 2. The van der Waals surface area contributed by atoms with Crippen molar-refractivity contribution in [3.05, 3.63) is 336 Å². The SMILES string of the molecule is CC(C)c1cc(C(C)(C)C)cc(C(C)C)c1-n1c(-c2[c-]ccc3c2oc2cc4c(ccc5ccccc54)cc23)nc2ccccc21.CC(C)c1cc(C(C)(C)C)cc(C(C)C)c1-n1c(-c2cccc3c2oc2cc4c(ccc5ccccc54)cc23)nc2ccccc21.CO.CO.O=S(=O)(O)C(F)(F)F.[2H]C(C)(C)c1cc(-c2[c-]cccc2)ncc1[Si](C)(C)C.[2H]C(C)(C)c1cc(-c2[c-]cccc2)ncc1[Si](C)(C)C.[Ir].[Ir]. The molecule has 0 unspecified atom stereocenters. The smallest absolute Gasteiger partial charge is 0.501 e. The first-order chi connectivity index (χ1) is 67.8. The molecule has 0 bridgehead atoms. The van der Waals surface area contributed by atoms with Gasteiger partial charge in [0.15, 0.2) is 0 Å². The fraction of sp³-hybridized carbons (Fsp3) is 0.285. The third kappa shape index (κ3) is 23.4. The first kappa shape index (κ1) is 108. The Morgan fingerprint density at radius 1 is 0.382 bits per heavy atom. The van der Waals surface area contributed by atoms with Crippen LogP contribution < -0.4 is 10.4 Å². The van der Waals surface area contributed by atoms with E-state index >= 15 is 0 Å². The van der Waals surface area contributed by atoms with Gasteiger partial charge in [-0.2, -0.15) is 21.6 Å². The van der Waals surface area contributed by atoms with E-state index < -0.39 is 43.6 Å². The Labute approximate surface area is 878 Å². The molecule has 14 aromatic carbocycles. The molecule has 0 aliphatic heterocycles. The molecule has 144 heavy (non-hydrogen) atoms. The molecule has 0 atom stereocenters. The Hall–Kier alpha value is -11.7. The van der Waals surface area contributed by atoms with E-state index in [0.717, 1.165) is 137 Å². The standard InChI is InChI=1S/C43H40N2O.C43H39N2O.2C17H22NSi.CHF3O3S.2CH4O.2Ir/c2*1-25(2)33-22-29(43(5,6)7)23-34(26(3)4)40(33)45-38-18-11-10-17-37(38)44-42(45)32-16-12-15-31-36-21-28-20-19-27-13-8-9-14-30(27)35(28)24-39(36)46-41(31)32;2*1-13(2)15-11-16(14-9-7-6-8-10-14)18-12-17(15)19(3,4)5;2-1(3,4)8(5,6)7;2*1-2;;/h8-26H,1-7H3;8-15,17-26H,1-7H3;2*6-9,11-13H,1-5H3;(H,5,6,7);2*2H,1H3;;/q;3*-1;;;;;/i;;2*13D;;;;;. The van der Waals surface area contributed by atoms with Crippen LogP contribution in [0.15, 0.2) is 282 Å². The molecule has 3 N–H and O–H groups in total.